The van der Waals surface area contributed by atoms with Crippen molar-refractivity contribution in [1.29, 1.82) is 0 Å². The highest BCUT2D eigenvalue weighted by molar-refractivity contribution is 7.99. The highest BCUT2D eigenvalue weighted by Crippen LogP contribution is 2.27. The van der Waals surface area contributed by atoms with E-state index in [9.17, 15) is 0 Å². The fourth-order valence-electron chi connectivity index (χ4n) is 1.16. The maximum atomic E-state index is 4.40. The molecule has 2 heterocycles. The van der Waals surface area contributed by atoms with Crippen molar-refractivity contribution in [3.05, 3.63) is 36.2 Å². The molecule has 0 bridgehead atoms. The zero-order valence-corrected chi connectivity index (χ0v) is 10.7. The molecule has 5 heteroatoms. The van der Waals surface area contributed by atoms with Crippen LogP contribution in [0.5, 0.6) is 0 Å². The van der Waals surface area contributed by atoms with Crippen LogP contribution in [-0.2, 0) is 0 Å². The van der Waals surface area contributed by atoms with Gasteiger partial charge in [-0.3, -0.25) is 0 Å². The van der Waals surface area contributed by atoms with Crippen molar-refractivity contribution < 1.29 is 0 Å². The topological polar surface area (TPSA) is 38.7 Å². The summed E-state index contributed by atoms with van der Waals surface area (Å²) in [7, 11) is 0. The van der Waals surface area contributed by atoms with E-state index in [2.05, 4.69) is 15.0 Å². The summed E-state index contributed by atoms with van der Waals surface area (Å²) in [5.74, 6) is 0. The Morgan fingerprint density at radius 2 is 2.00 bits per heavy atom. The first-order valence-corrected chi connectivity index (χ1v) is 6.80. The molecule has 0 fully saturated rings. The molecule has 0 spiro atoms. The molecule has 0 unspecified atom stereocenters. The molecule has 2 aromatic rings. The third-order valence-electron chi connectivity index (χ3n) is 1.95. The molecule has 2 rings (SSSR count). The van der Waals surface area contributed by atoms with E-state index >= 15 is 0 Å². The molecule has 0 aliphatic heterocycles. The van der Waals surface area contributed by atoms with Crippen LogP contribution in [0.2, 0.25) is 0 Å². The Balaban J connectivity index is 2.24. The minimum atomic E-state index is 0.790. The Morgan fingerprint density at radius 1 is 1.12 bits per heavy atom. The molecular formula is C11H11N3S2. The largest absolute Gasteiger partial charge is 0.249 e. The summed E-state index contributed by atoms with van der Waals surface area (Å²) in [6.07, 6.45) is 5.54. The average Bonchev–Trinajstić information content (AvgIpc) is 2.32. The summed E-state index contributed by atoms with van der Waals surface area (Å²) in [5, 5.41) is 2.72. The first-order valence-electron chi connectivity index (χ1n) is 4.76. The maximum Gasteiger partial charge on any atom is 0.188 e. The molecule has 0 radical (unpaired) electrons. The molecule has 0 aromatic carbocycles. The van der Waals surface area contributed by atoms with E-state index in [4.69, 9.17) is 0 Å². The highest BCUT2D eigenvalue weighted by atomic mass is 32.2. The van der Waals surface area contributed by atoms with Crippen molar-refractivity contribution in [1.82, 2.24) is 15.0 Å². The van der Waals surface area contributed by atoms with E-state index in [1.54, 1.807) is 35.9 Å². The fraction of sp³-hybridized carbons (Fsp3) is 0.182. The van der Waals surface area contributed by atoms with Crippen molar-refractivity contribution in [3.8, 4) is 0 Å². The van der Waals surface area contributed by atoms with Gasteiger partial charge in [0.05, 0.1) is 0 Å². The van der Waals surface area contributed by atoms with Gasteiger partial charge in [-0.1, -0.05) is 17.8 Å². The lowest BCUT2D eigenvalue weighted by molar-refractivity contribution is 0.891. The Morgan fingerprint density at radius 3 is 2.75 bits per heavy atom. The van der Waals surface area contributed by atoms with Crippen LogP contribution < -0.4 is 0 Å². The molecule has 0 saturated heterocycles. The lowest BCUT2D eigenvalue weighted by Gasteiger charge is -2.03. The minimum absolute atomic E-state index is 0.790. The number of rotatable bonds is 3. The van der Waals surface area contributed by atoms with Crippen LogP contribution in [0.1, 0.15) is 5.56 Å². The lowest BCUT2D eigenvalue weighted by Crippen LogP contribution is -1.89. The highest BCUT2D eigenvalue weighted by Gasteiger charge is 2.04. The van der Waals surface area contributed by atoms with Gasteiger partial charge in [0.25, 0.3) is 0 Å². The van der Waals surface area contributed by atoms with Crippen LogP contribution >= 0.6 is 23.5 Å². The van der Waals surface area contributed by atoms with Crippen molar-refractivity contribution >= 4 is 23.5 Å². The monoisotopic (exact) mass is 249 g/mol. The molecule has 2 aromatic heterocycles. The predicted octanol–water partition coefficient (Wildman–Crippen LogP) is 3.05. The summed E-state index contributed by atoms with van der Waals surface area (Å²) in [6.45, 7) is 2.05. The van der Waals surface area contributed by atoms with Gasteiger partial charge in [-0.2, -0.15) is 0 Å². The molecule has 16 heavy (non-hydrogen) atoms. The zero-order valence-electron chi connectivity index (χ0n) is 9.04. The van der Waals surface area contributed by atoms with Crippen LogP contribution in [0.25, 0.3) is 0 Å². The van der Waals surface area contributed by atoms with Crippen molar-refractivity contribution in [2.75, 3.05) is 6.26 Å². The number of aromatic nitrogens is 3. The second kappa shape index (κ2) is 5.32. The van der Waals surface area contributed by atoms with Crippen molar-refractivity contribution in [2.45, 2.75) is 22.1 Å². The van der Waals surface area contributed by atoms with Crippen molar-refractivity contribution in [3.63, 3.8) is 0 Å². The van der Waals surface area contributed by atoms with Gasteiger partial charge in [0.15, 0.2) is 5.16 Å². The number of pyridine rings is 1. The third-order valence-corrected chi connectivity index (χ3v) is 3.57. The number of hydrogen-bond donors (Lipinski definition) is 0. The Labute approximate surface area is 103 Å². The van der Waals surface area contributed by atoms with Gasteiger partial charge in [-0.05, 0) is 42.6 Å². The normalized spacial score (nSPS) is 10.4. The van der Waals surface area contributed by atoms with E-state index < -0.39 is 0 Å². The molecule has 0 atom stereocenters. The van der Waals surface area contributed by atoms with Gasteiger partial charge in [-0.25, -0.2) is 15.0 Å². The Hall–Kier alpha value is -1.07. The molecule has 0 aliphatic carbocycles. The molecule has 0 aliphatic rings. The molecule has 82 valence electrons. The first kappa shape index (κ1) is 11.4. The van der Waals surface area contributed by atoms with Gasteiger partial charge < -0.3 is 0 Å². The smallest absolute Gasteiger partial charge is 0.188 e. The van der Waals surface area contributed by atoms with Gasteiger partial charge in [-0.15, -0.1) is 0 Å². The molecule has 0 N–H and O–H groups in total. The number of nitrogens with zero attached hydrogens (tertiary/aromatic N) is 3. The van der Waals surface area contributed by atoms with E-state index in [0.29, 0.717) is 0 Å². The van der Waals surface area contributed by atoms with Crippen LogP contribution in [0.3, 0.4) is 0 Å². The predicted molar refractivity (Wildman–Crippen MR) is 66.9 cm³/mol. The number of thioether (sulfide) groups is 1. The average molecular weight is 249 g/mol. The second-order valence-electron chi connectivity index (χ2n) is 3.11. The van der Waals surface area contributed by atoms with Crippen molar-refractivity contribution in [2.24, 2.45) is 0 Å². The molecule has 0 amide bonds. The van der Waals surface area contributed by atoms with Gasteiger partial charge >= 0.3 is 0 Å². The van der Waals surface area contributed by atoms with E-state index in [-0.39, 0.29) is 0 Å². The van der Waals surface area contributed by atoms with E-state index in [0.717, 1.165) is 20.8 Å². The van der Waals surface area contributed by atoms with Gasteiger partial charge in [0.1, 0.15) is 10.1 Å². The molecular weight excluding hydrogens is 238 g/mol. The summed E-state index contributed by atoms with van der Waals surface area (Å²) < 4.78 is 0. The second-order valence-corrected chi connectivity index (χ2v) is 4.89. The van der Waals surface area contributed by atoms with Crippen LogP contribution in [0.15, 0.2) is 45.8 Å². The molecule has 3 nitrogen and oxygen atoms in total. The maximum absolute atomic E-state index is 4.40. The van der Waals surface area contributed by atoms with Crippen LogP contribution in [0, 0.1) is 6.92 Å². The fourth-order valence-corrected chi connectivity index (χ4v) is 2.37. The quantitative estimate of drug-likeness (QED) is 0.475. The first-order chi connectivity index (χ1) is 7.79. The minimum Gasteiger partial charge on any atom is -0.249 e. The van der Waals surface area contributed by atoms with Gasteiger partial charge in [0, 0.05) is 12.4 Å². The van der Waals surface area contributed by atoms with Crippen LogP contribution in [-0.4, -0.2) is 21.2 Å². The number of aryl methyl sites for hydroxylation is 1. The van der Waals surface area contributed by atoms with E-state index in [1.807, 2.05) is 31.4 Å². The summed E-state index contributed by atoms with van der Waals surface area (Å²) in [6, 6.07) is 5.89. The summed E-state index contributed by atoms with van der Waals surface area (Å²) in [4.78, 5) is 12.9. The summed E-state index contributed by atoms with van der Waals surface area (Å²) in [5.41, 5.74) is 1.16. The van der Waals surface area contributed by atoms with Crippen LogP contribution in [0.4, 0.5) is 0 Å². The van der Waals surface area contributed by atoms with E-state index in [1.165, 1.54) is 0 Å². The number of hydrogen-bond acceptors (Lipinski definition) is 5. The van der Waals surface area contributed by atoms with Gasteiger partial charge in [0.2, 0.25) is 0 Å². The SMILES string of the molecule is CSc1nccc(Sc2ncccc2C)n1. The lowest BCUT2D eigenvalue weighted by atomic mass is 10.3. The standard InChI is InChI=1S/C11H11N3S2/c1-8-4-3-6-12-10(8)16-9-5-7-13-11(14-9)15-2/h3-7H,1-2H3. The zero-order chi connectivity index (χ0) is 11.4. The summed E-state index contributed by atoms with van der Waals surface area (Å²) >= 11 is 3.11. The molecule has 0 saturated carbocycles. The third kappa shape index (κ3) is 2.74. The Kier molecular flexibility index (Phi) is 3.79. The Bertz CT molecular complexity index is 488.